The van der Waals surface area contributed by atoms with Gasteiger partial charge in [-0.15, -0.1) is 11.3 Å². The quantitative estimate of drug-likeness (QED) is 0.350. The number of nitrogens with one attached hydrogen (secondary N) is 2. The number of hydrogen-bond acceptors (Lipinski definition) is 6. The van der Waals surface area contributed by atoms with Crippen LogP contribution >= 0.6 is 22.9 Å². The Bertz CT molecular complexity index is 1620. The van der Waals surface area contributed by atoms with Gasteiger partial charge in [0, 0.05) is 28.3 Å². The normalized spacial score (nSPS) is 11.7. The molecule has 2 aromatic heterocycles. The maximum atomic E-state index is 12.9. The number of thiazole rings is 1. The van der Waals surface area contributed by atoms with E-state index < -0.39 is 15.8 Å². The van der Waals surface area contributed by atoms with E-state index >= 15 is 0 Å². The molecule has 5 aromatic rings. The Morgan fingerprint density at radius 2 is 1.88 bits per heavy atom. The maximum Gasteiger partial charge on any atom is 0.417 e. The molecule has 0 unspecified atom stereocenters. The van der Waals surface area contributed by atoms with Crippen molar-refractivity contribution in [2.24, 2.45) is 0 Å². The fraction of sp³-hybridized carbons (Fsp3) is 0. The molecule has 2 N–H and O–H groups in total. The van der Waals surface area contributed by atoms with Crippen molar-refractivity contribution >= 4 is 49.7 Å². The molecule has 0 amide bonds. The summed E-state index contributed by atoms with van der Waals surface area (Å²) in [6.07, 6.45) is 0. The van der Waals surface area contributed by atoms with E-state index in [1.807, 2.05) is 35.7 Å². The molecule has 0 aliphatic rings. The molecule has 0 spiro atoms. The molecule has 10 heteroatoms. The molecule has 0 saturated carbocycles. The summed E-state index contributed by atoms with van der Waals surface area (Å²) < 4.78 is 33.2. The van der Waals surface area contributed by atoms with Crippen LogP contribution in [0.1, 0.15) is 0 Å². The third-order valence-corrected chi connectivity index (χ3v) is 7.31. The number of oxazole rings is 1. The molecule has 7 nitrogen and oxygen atoms in total. The second-order valence-electron chi connectivity index (χ2n) is 6.88. The van der Waals surface area contributed by atoms with Crippen LogP contribution in [0.5, 0.6) is 0 Å². The van der Waals surface area contributed by atoms with Crippen LogP contribution in [0.15, 0.2) is 86.2 Å². The highest BCUT2D eigenvalue weighted by Gasteiger charge is 2.17. The first-order valence-corrected chi connectivity index (χ1v) is 12.1. The minimum atomic E-state index is -3.90. The summed E-state index contributed by atoms with van der Waals surface area (Å²) in [7, 11) is -3.90. The van der Waals surface area contributed by atoms with E-state index in [0.29, 0.717) is 21.9 Å². The summed E-state index contributed by atoms with van der Waals surface area (Å²) in [5.74, 6) is -0.644. The molecule has 0 radical (unpaired) electrons. The summed E-state index contributed by atoms with van der Waals surface area (Å²) in [6, 6.07) is 18.6. The standard InChI is InChI=1S/C22H14ClN3O4S2/c23-17-7-2-1-6-16(17)21-24-19(12-31-21)13-4-3-5-14(10-13)26-32(28,29)15-8-9-18-20(11-15)30-22(27)25-18/h1-12,26H,(H,25,27). The van der Waals surface area contributed by atoms with Crippen molar-refractivity contribution in [2.45, 2.75) is 4.90 Å². The zero-order chi connectivity index (χ0) is 22.3. The number of aromatic amines is 1. The Morgan fingerprint density at radius 3 is 2.72 bits per heavy atom. The number of H-pyrrole nitrogens is 1. The summed E-state index contributed by atoms with van der Waals surface area (Å²) in [5, 5.41) is 3.29. The van der Waals surface area contributed by atoms with Gasteiger partial charge in [0.1, 0.15) is 5.01 Å². The Labute approximate surface area is 191 Å². The van der Waals surface area contributed by atoms with Gasteiger partial charge >= 0.3 is 5.76 Å². The third kappa shape index (κ3) is 3.93. The first kappa shape index (κ1) is 20.5. The highest BCUT2D eigenvalue weighted by Crippen LogP contribution is 2.33. The lowest BCUT2D eigenvalue weighted by Crippen LogP contribution is -2.12. The molecule has 0 aliphatic heterocycles. The smallest absolute Gasteiger partial charge is 0.408 e. The molecular formula is C22H14ClN3O4S2. The minimum Gasteiger partial charge on any atom is -0.408 e. The molecule has 0 aliphatic carbocycles. The van der Waals surface area contributed by atoms with Crippen molar-refractivity contribution in [3.63, 3.8) is 0 Å². The van der Waals surface area contributed by atoms with Crippen LogP contribution < -0.4 is 10.5 Å². The number of sulfonamides is 1. The van der Waals surface area contributed by atoms with Gasteiger partial charge in [-0.1, -0.05) is 41.9 Å². The number of fused-ring (bicyclic) bond motifs is 1. The van der Waals surface area contributed by atoms with Gasteiger partial charge in [0.15, 0.2) is 5.58 Å². The average Bonchev–Trinajstić information content (AvgIpc) is 3.39. The van der Waals surface area contributed by atoms with Gasteiger partial charge in [0.05, 0.1) is 21.1 Å². The second kappa shape index (κ2) is 7.94. The predicted molar refractivity (Wildman–Crippen MR) is 126 cm³/mol. The molecule has 0 bridgehead atoms. The van der Waals surface area contributed by atoms with Crippen LogP contribution in [0.3, 0.4) is 0 Å². The van der Waals surface area contributed by atoms with Crippen LogP contribution in [0.25, 0.3) is 32.9 Å². The van der Waals surface area contributed by atoms with Gasteiger partial charge in [-0.05, 0) is 30.3 Å². The fourth-order valence-electron chi connectivity index (χ4n) is 3.21. The zero-order valence-electron chi connectivity index (χ0n) is 16.2. The van der Waals surface area contributed by atoms with E-state index in [4.69, 9.17) is 16.0 Å². The Kier molecular flexibility index (Phi) is 5.09. The summed E-state index contributed by atoms with van der Waals surface area (Å²) in [4.78, 5) is 18.4. The van der Waals surface area contributed by atoms with Gasteiger partial charge in [0.2, 0.25) is 0 Å². The zero-order valence-corrected chi connectivity index (χ0v) is 18.6. The minimum absolute atomic E-state index is 0.0205. The van der Waals surface area contributed by atoms with Crippen LogP contribution in [-0.4, -0.2) is 18.4 Å². The van der Waals surface area contributed by atoms with Crippen LogP contribution in [-0.2, 0) is 10.0 Å². The van der Waals surface area contributed by atoms with Gasteiger partial charge in [-0.2, -0.15) is 0 Å². The summed E-state index contributed by atoms with van der Waals surface area (Å²) in [6.45, 7) is 0. The Balaban J connectivity index is 1.44. The number of aromatic nitrogens is 2. The van der Waals surface area contributed by atoms with E-state index in [9.17, 15) is 13.2 Å². The van der Waals surface area contributed by atoms with Crippen molar-refractivity contribution in [2.75, 3.05) is 4.72 Å². The SMILES string of the molecule is O=c1[nH]c2ccc(S(=O)(=O)Nc3cccc(-c4csc(-c5ccccc5Cl)n4)c3)cc2o1. The highest BCUT2D eigenvalue weighted by molar-refractivity contribution is 7.92. The number of halogens is 1. The van der Waals surface area contributed by atoms with Gasteiger partial charge in [-0.3, -0.25) is 9.71 Å². The van der Waals surface area contributed by atoms with Crippen LogP contribution in [0.4, 0.5) is 5.69 Å². The lowest BCUT2D eigenvalue weighted by Gasteiger charge is -2.09. The van der Waals surface area contributed by atoms with E-state index in [-0.39, 0.29) is 10.5 Å². The van der Waals surface area contributed by atoms with Crippen LogP contribution in [0, 0.1) is 0 Å². The molecule has 32 heavy (non-hydrogen) atoms. The first-order valence-electron chi connectivity index (χ1n) is 9.36. The molecule has 3 aromatic carbocycles. The van der Waals surface area contributed by atoms with Crippen molar-refractivity contribution in [1.29, 1.82) is 0 Å². The number of rotatable bonds is 5. The van der Waals surface area contributed by atoms with Crippen molar-refractivity contribution in [3.8, 4) is 21.8 Å². The van der Waals surface area contributed by atoms with E-state index in [0.717, 1.165) is 16.1 Å². The number of benzene rings is 3. The Hall–Kier alpha value is -3.40. The molecular weight excluding hydrogens is 470 g/mol. The largest absolute Gasteiger partial charge is 0.417 e. The number of nitrogens with zero attached hydrogens (tertiary/aromatic N) is 1. The molecule has 0 atom stereocenters. The molecule has 0 fully saturated rings. The molecule has 5 rings (SSSR count). The van der Waals surface area contributed by atoms with E-state index in [1.165, 1.54) is 29.5 Å². The third-order valence-electron chi connectivity index (χ3n) is 4.72. The topological polar surface area (TPSA) is 105 Å². The number of anilines is 1. The summed E-state index contributed by atoms with van der Waals surface area (Å²) in [5.41, 5.74) is 3.28. The first-order chi connectivity index (χ1) is 15.4. The van der Waals surface area contributed by atoms with E-state index in [1.54, 1.807) is 18.2 Å². The Morgan fingerprint density at radius 1 is 1.03 bits per heavy atom. The van der Waals surface area contributed by atoms with Gasteiger partial charge in [-0.25, -0.2) is 18.2 Å². The molecule has 0 saturated heterocycles. The van der Waals surface area contributed by atoms with Crippen LogP contribution in [0.2, 0.25) is 5.02 Å². The molecule has 160 valence electrons. The van der Waals surface area contributed by atoms with Crippen molar-refractivity contribution in [1.82, 2.24) is 9.97 Å². The lowest BCUT2D eigenvalue weighted by atomic mass is 10.1. The highest BCUT2D eigenvalue weighted by atomic mass is 35.5. The predicted octanol–water partition coefficient (Wildman–Crippen LogP) is 5.37. The van der Waals surface area contributed by atoms with Gasteiger partial charge in [0.25, 0.3) is 10.0 Å². The second-order valence-corrected chi connectivity index (χ2v) is 9.82. The maximum absolute atomic E-state index is 12.9. The lowest BCUT2D eigenvalue weighted by molar-refractivity contribution is 0.554. The van der Waals surface area contributed by atoms with Crippen molar-refractivity contribution in [3.05, 3.63) is 87.7 Å². The molecule has 2 heterocycles. The average molecular weight is 484 g/mol. The fourth-order valence-corrected chi connectivity index (χ4v) is 5.43. The van der Waals surface area contributed by atoms with Gasteiger partial charge < -0.3 is 4.42 Å². The van der Waals surface area contributed by atoms with E-state index in [2.05, 4.69) is 14.7 Å². The van der Waals surface area contributed by atoms with Crippen molar-refractivity contribution < 1.29 is 12.8 Å². The monoisotopic (exact) mass is 483 g/mol. The summed E-state index contributed by atoms with van der Waals surface area (Å²) >= 11 is 7.73. The number of hydrogen-bond donors (Lipinski definition) is 2.